The zero-order valence-corrected chi connectivity index (χ0v) is 17.4. The number of hydrogen-bond acceptors (Lipinski definition) is 5. The van der Waals surface area contributed by atoms with Gasteiger partial charge in [0.05, 0.1) is 13.2 Å². The second kappa shape index (κ2) is 7.73. The summed E-state index contributed by atoms with van der Waals surface area (Å²) in [5.74, 6) is 0. The number of aromatic nitrogens is 4. The van der Waals surface area contributed by atoms with Crippen LogP contribution in [-0.2, 0) is 18.3 Å². The third-order valence-electron chi connectivity index (χ3n) is 4.68. The lowest BCUT2D eigenvalue weighted by molar-refractivity contribution is -0.169. The molecule has 0 N–H and O–H groups in total. The van der Waals surface area contributed by atoms with Crippen LogP contribution in [0.3, 0.4) is 0 Å². The van der Waals surface area contributed by atoms with Gasteiger partial charge in [0.15, 0.2) is 15.9 Å². The van der Waals surface area contributed by atoms with Crippen LogP contribution in [0.4, 0.5) is 0 Å². The van der Waals surface area contributed by atoms with Gasteiger partial charge in [-0.2, -0.15) is 0 Å². The fourth-order valence-corrected chi connectivity index (χ4v) is 3.79. The van der Waals surface area contributed by atoms with E-state index in [1.54, 1.807) is 23.7 Å². The molecule has 1 atom stereocenters. The number of benzene rings is 1. The van der Waals surface area contributed by atoms with E-state index in [2.05, 4.69) is 20.9 Å². The first-order chi connectivity index (χ1) is 13.5. The summed E-state index contributed by atoms with van der Waals surface area (Å²) in [5.41, 5.74) is 0.301. The van der Waals surface area contributed by atoms with Crippen molar-refractivity contribution in [1.29, 1.82) is 0 Å². The van der Waals surface area contributed by atoms with Gasteiger partial charge in [-0.3, -0.25) is 9.36 Å². The Balaban J connectivity index is 1.82. The quantitative estimate of drug-likeness (QED) is 0.548. The van der Waals surface area contributed by atoms with Crippen molar-refractivity contribution in [2.75, 3.05) is 6.61 Å². The molecule has 8 nitrogen and oxygen atoms in total. The van der Waals surface area contributed by atoms with Gasteiger partial charge in [-0.1, -0.05) is 28.5 Å². The molecule has 3 heterocycles. The third-order valence-corrected chi connectivity index (χ3v) is 5.54. The van der Waals surface area contributed by atoms with Gasteiger partial charge in [0.25, 0.3) is 0 Å². The fourth-order valence-electron chi connectivity index (χ4n) is 3.19. The molecule has 1 unspecified atom stereocenters. The lowest BCUT2D eigenvalue weighted by Gasteiger charge is -2.23. The number of ether oxygens (including phenoxy) is 1. The van der Waals surface area contributed by atoms with Crippen molar-refractivity contribution in [3.05, 3.63) is 60.4 Å². The van der Waals surface area contributed by atoms with Gasteiger partial charge in [0.1, 0.15) is 0 Å². The summed E-state index contributed by atoms with van der Waals surface area (Å²) in [7, 11) is 1.55. The Labute approximate surface area is 173 Å². The number of hydrogen-bond donors (Lipinski definition) is 0. The predicted octanol–water partition coefficient (Wildman–Crippen LogP) is 2.32. The lowest BCUT2D eigenvalue weighted by atomic mass is 10.2. The smallest absolute Gasteiger partial charge is 0.366 e. The van der Waals surface area contributed by atoms with E-state index in [1.807, 2.05) is 12.1 Å². The topological polar surface area (TPSA) is 80.3 Å². The number of nitrogens with zero attached hydrogens (tertiary/aromatic N) is 4. The van der Waals surface area contributed by atoms with Crippen molar-refractivity contribution in [3.63, 3.8) is 0 Å². The molecule has 10 heteroatoms. The predicted molar refractivity (Wildman–Crippen MR) is 108 cm³/mol. The zero-order chi connectivity index (χ0) is 19.8. The average molecular weight is 470 g/mol. The normalized spacial score (nSPS) is 17.2. The van der Waals surface area contributed by atoms with E-state index in [0.717, 1.165) is 23.1 Å². The summed E-state index contributed by atoms with van der Waals surface area (Å²) in [6, 6.07) is 7.30. The van der Waals surface area contributed by atoms with Crippen LogP contribution >= 0.6 is 27.5 Å². The average Bonchev–Trinajstić information content (AvgIpc) is 3.02. The van der Waals surface area contributed by atoms with Gasteiger partial charge < -0.3 is 14.1 Å². The van der Waals surface area contributed by atoms with Crippen LogP contribution in [0.25, 0.3) is 11.2 Å². The Hall–Kier alpha value is -2.10. The molecular weight excluding hydrogens is 452 g/mol. The molecule has 0 aliphatic carbocycles. The van der Waals surface area contributed by atoms with Crippen LogP contribution in [-0.4, -0.2) is 31.7 Å². The molecular formula is C18H18BrClN4O4. The number of rotatable bonds is 4. The molecule has 0 radical (unpaired) electrons. The molecule has 4 rings (SSSR count). The van der Waals surface area contributed by atoms with E-state index in [0.29, 0.717) is 29.3 Å². The Morgan fingerprint density at radius 1 is 1.29 bits per heavy atom. The summed E-state index contributed by atoms with van der Waals surface area (Å²) in [6.45, 7) is 0.920. The van der Waals surface area contributed by atoms with Gasteiger partial charge in [-0.25, -0.2) is 9.78 Å². The standard InChI is InChI=1S/C18H18BrClN4O4/c1-22-15-14(16(25)24(18(22)26)28-13-4-2-3-9-27-13)23(17(19)21-15)10-11-5-7-12(20)8-6-11/h5-8,13H,2-4,9-10H2,1H3. The maximum Gasteiger partial charge on any atom is 0.366 e. The van der Waals surface area contributed by atoms with Crippen LogP contribution in [0.5, 0.6) is 0 Å². The minimum atomic E-state index is -0.618. The molecule has 148 valence electrons. The van der Waals surface area contributed by atoms with Crippen molar-refractivity contribution >= 4 is 38.7 Å². The highest BCUT2D eigenvalue weighted by molar-refractivity contribution is 9.10. The molecule has 1 aliphatic rings. The number of imidazole rings is 1. The molecule has 1 fully saturated rings. The SMILES string of the molecule is Cn1c(=O)n(OC2CCCCO2)c(=O)c2c1nc(Br)n2Cc1ccc(Cl)cc1. The second-order valence-corrected chi connectivity index (χ2v) is 7.75. The number of aryl methyl sites for hydroxylation is 1. The molecule has 0 amide bonds. The van der Waals surface area contributed by atoms with Crippen LogP contribution in [0.2, 0.25) is 5.02 Å². The maximum atomic E-state index is 13.1. The molecule has 0 saturated carbocycles. The van der Waals surface area contributed by atoms with Crippen molar-refractivity contribution in [1.82, 2.24) is 18.8 Å². The fraction of sp³-hybridized carbons (Fsp3) is 0.389. The zero-order valence-electron chi connectivity index (χ0n) is 15.1. The molecule has 1 saturated heterocycles. The maximum absolute atomic E-state index is 13.1. The van der Waals surface area contributed by atoms with Gasteiger partial charge in [-0.05, 0) is 46.5 Å². The molecule has 2 aromatic heterocycles. The van der Waals surface area contributed by atoms with Gasteiger partial charge in [-0.15, -0.1) is 0 Å². The second-order valence-electron chi connectivity index (χ2n) is 6.61. The molecule has 0 spiro atoms. The first-order valence-corrected chi connectivity index (χ1v) is 10.0. The molecule has 1 aliphatic heterocycles. The van der Waals surface area contributed by atoms with Gasteiger partial charge in [0, 0.05) is 18.5 Å². The highest BCUT2D eigenvalue weighted by Crippen LogP contribution is 2.19. The van der Waals surface area contributed by atoms with E-state index in [4.69, 9.17) is 21.2 Å². The molecule has 3 aromatic rings. The third kappa shape index (κ3) is 3.49. The van der Waals surface area contributed by atoms with Crippen LogP contribution < -0.4 is 16.1 Å². The Kier molecular flexibility index (Phi) is 5.31. The number of fused-ring (bicyclic) bond motifs is 1. The van der Waals surface area contributed by atoms with Gasteiger partial charge in [0.2, 0.25) is 6.29 Å². The molecule has 0 bridgehead atoms. The minimum absolute atomic E-state index is 0.264. The van der Waals surface area contributed by atoms with E-state index in [1.165, 1.54) is 4.57 Å². The first kappa shape index (κ1) is 19.2. The summed E-state index contributed by atoms with van der Waals surface area (Å²) >= 11 is 9.34. The molecule has 1 aromatic carbocycles. The van der Waals surface area contributed by atoms with Crippen molar-refractivity contribution < 1.29 is 9.57 Å². The highest BCUT2D eigenvalue weighted by Gasteiger charge is 2.23. The summed E-state index contributed by atoms with van der Waals surface area (Å²) in [6.07, 6.45) is 1.86. The Bertz CT molecular complexity index is 1130. The Morgan fingerprint density at radius 2 is 2.04 bits per heavy atom. The number of halogens is 2. The van der Waals surface area contributed by atoms with E-state index in [-0.39, 0.29) is 11.2 Å². The summed E-state index contributed by atoms with van der Waals surface area (Å²) in [5, 5.41) is 0.629. The summed E-state index contributed by atoms with van der Waals surface area (Å²) < 4.78 is 9.71. The van der Waals surface area contributed by atoms with E-state index >= 15 is 0 Å². The van der Waals surface area contributed by atoms with Crippen molar-refractivity contribution in [2.45, 2.75) is 32.1 Å². The van der Waals surface area contributed by atoms with Crippen molar-refractivity contribution in [3.8, 4) is 0 Å². The minimum Gasteiger partial charge on any atom is -0.374 e. The van der Waals surface area contributed by atoms with Crippen LogP contribution in [0.15, 0.2) is 38.6 Å². The summed E-state index contributed by atoms with van der Waals surface area (Å²) in [4.78, 5) is 35.7. The lowest BCUT2D eigenvalue weighted by Crippen LogP contribution is -2.47. The van der Waals surface area contributed by atoms with Crippen LogP contribution in [0.1, 0.15) is 24.8 Å². The van der Waals surface area contributed by atoms with E-state index < -0.39 is 17.5 Å². The monoisotopic (exact) mass is 468 g/mol. The van der Waals surface area contributed by atoms with Crippen molar-refractivity contribution in [2.24, 2.45) is 7.05 Å². The molecule has 28 heavy (non-hydrogen) atoms. The largest absolute Gasteiger partial charge is 0.374 e. The Morgan fingerprint density at radius 3 is 2.71 bits per heavy atom. The van der Waals surface area contributed by atoms with E-state index in [9.17, 15) is 9.59 Å². The van der Waals surface area contributed by atoms with Gasteiger partial charge >= 0.3 is 11.2 Å². The van der Waals surface area contributed by atoms with Crippen LogP contribution in [0, 0.1) is 0 Å². The highest BCUT2D eigenvalue weighted by atomic mass is 79.9. The first-order valence-electron chi connectivity index (χ1n) is 8.86.